The van der Waals surface area contributed by atoms with Gasteiger partial charge >= 0.3 is 0 Å². The second-order valence-corrected chi connectivity index (χ2v) is 6.84. The molecule has 6 nitrogen and oxygen atoms in total. The molecule has 21 heavy (non-hydrogen) atoms. The van der Waals surface area contributed by atoms with Crippen LogP contribution in [0.1, 0.15) is 18.9 Å². The lowest BCUT2D eigenvalue weighted by Gasteiger charge is -2.21. The lowest BCUT2D eigenvalue weighted by atomic mass is 10.2. The third kappa shape index (κ3) is 3.40. The lowest BCUT2D eigenvalue weighted by Crippen LogP contribution is -2.36. The second kappa shape index (κ2) is 6.24. The largest absolute Gasteiger partial charge is 0.342 e. The number of hydrogen-bond donors (Lipinski definition) is 0. The van der Waals surface area contributed by atoms with Gasteiger partial charge in [-0.05, 0) is 30.7 Å². The van der Waals surface area contributed by atoms with Gasteiger partial charge in [-0.2, -0.15) is 9.57 Å². The molecule has 1 aliphatic rings. The zero-order valence-corrected chi connectivity index (χ0v) is 12.6. The molecule has 1 saturated heterocycles. The highest BCUT2D eigenvalue weighted by Crippen LogP contribution is 2.18. The number of rotatable bonds is 2. The van der Waals surface area contributed by atoms with E-state index < -0.39 is 10.0 Å². The summed E-state index contributed by atoms with van der Waals surface area (Å²) in [6.45, 7) is 3.17. The minimum Gasteiger partial charge on any atom is -0.342 e. The van der Waals surface area contributed by atoms with Gasteiger partial charge in [0.1, 0.15) is 0 Å². The molecule has 0 saturated carbocycles. The summed E-state index contributed by atoms with van der Waals surface area (Å²) in [6, 6.07) is 7.84. The number of benzene rings is 1. The van der Waals surface area contributed by atoms with Crippen LogP contribution in [0.5, 0.6) is 0 Å². The Morgan fingerprint density at radius 1 is 1.14 bits per heavy atom. The topological polar surface area (TPSA) is 81.5 Å². The molecule has 1 aromatic carbocycles. The average Bonchev–Trinajstić information content (AvgIpc) is 2.73. The van der Waals surface area contributed by atoms with Gasteiger partial charge in [0.25, 0.3) is 0 Å². The van der Waals surface area contributed by atoms with Crippen LogP contribution in [-0.2, 0) is 14.8 Å². The third-order valence-electron chi connectivity index (χ3n) is 3.52. The van der Waals surface area contributed by atoms with E-state index in [9.17, 15) is 13.2 Å². The van der Waals surface area contributed by atoms with E-state index in [-0.39, 0.29) is 10.8 Å². The van der Waals surface area contributed by atoms with Crippen molar-refractivity contribution in [3.8, 4) is 6.07 Å². The molecule has 0 aliphatic carbocycles. The maximum Gasteiger partial charge on any atom is 0.243 e. The molecular formula is C14H17N3O3S. The molecule has 0 spiro atoms. The van der Waals surface area contributed by atoms with Crippen LogP contribution in [0, 0.1) is 11.3 Å². The van der Waals surface area contributed by atoms with Crippen molar-refractivity contribution in [1.82, 2.24) is 9.21 Å². The molecule has 1 aromatic rings. The van der Waals surface area contributed by atoms with Crippen molar-refractivity contribution in [2.45, 2.75) is 18.2 Å². The molecule has 7 heteroatoms. The van der Waals surface area contributed by atoms with Crippen LogP contribution < -0.4 is 0 Å². The van der Waals surface area contributed by atoms with E-state index >= 15 is 0 Å². The van der Waals surface area contributed by atoms with Crippen molar-refractivity contribution >= 4 is 15.9 Å². The van der Waals surface area contributed by atoms with E-state index in [1.165, 1.54) is 35.5 Å². The first kappa shape index (κ1) is 15.5. The highest BCUT2D eigenvalue weighted by Gasteiger charge is 2.27. The molecule has 1 fully saturated rings. The Bertz CT molecular complexity index is 662. The monoisotopic (exact) mass is 307 g/mol. The Kier molecular flexibility index (Phi) is 4.60. The van der Waals surface area contributed by atoms with Gasteiger partial charge in [0, 0.05) is 33.1 Å². The zero-order chi connectivity index (χ0) is 15.5. The summed E-state index contributed by atoms with van der Waals surface area (Å²) < 4.78 is 26.5. The van der Waals surface area contributed by atoms with Crippen LogP contribution in [0.2, 0.25) is 0 Å². The van der Waals surface area contributed by atoms with Crippen molar-refractivity contribution < 1.29 is 13.2 Å². The van der Waals surface area contributed by atoms with E-state index in [1.807, 2.05) is 6.07 Å². The van der Waals surface area contributed by atoms with E-state index in [2.05, 4.69) is 0 Å². The van der Waals surface area contributed by atoms with Crippen molar-refractivity contribution in [2.75, 3.05) is 26.2 Å². The van der Waals surface area contributed by atoms with E-state index in [4.69, 9.17) is 5.26 Å². The first-order valence-corrected chi connectivity index (χ1v) is 8.15. The van der Waals surface area contributed by atoms with E-state index in [0.29, 0.717) is 38.2 Å². The third-order valence-corrected chi connectivity index (χ3v) is 5.43. The molecule has 0 atom stereocenters. The number of sulfonamides is 1. The summed E-state index contributed by atoms with van der Waals surface area (Å²) >= 11 is 0. The fraction of sp³-hybridized carbons (Fsp3) is 0.429. The summed E-state index contributed by atoms with van der Waals surface area (Å²) in [5.41, 5.74) is 0.424. The van der Waals surface area contributed by atoms with Crippen LogP contribution in [0.3, 0.4) is 0 Å². The van der Waals surface area contributed by atoms with Gasteiger partial charge in [-0.3, -0.25) is 4.79 Å². The number of amides is 1. The Hall–Kier alpha value is -1.91. The molecule has 0 unspecified atom stereocenters. The quantitative estimate of drug-likeness (QED) is 0.809. The molecule has 1 amide bonds. The average molecular weight is 307 g/mol. The standard InChI is InChI=1S/C14H17N3O3S/c1-12(18)16-7-2-8-17(10-9-16)21(19,20)14-5-3-13(11-15)4-6-14/h3-6H,2,7-10H2,1H3. The van der Waals surface area contributed by atoms with Crippen LogP contribution >= 0.6 is 0 Å². The van der Waals surface area contributed by atoms with E-state index in [0.717, 1.165) is 0 Å². The summed E-state index contributed by atoms with van der Waals surface area (Å²) in [4.78, 5) is 13.2. The van der Waals surface area contributed by atoms with Crippen LogP contribution in [-0.4, -0.2) is 49.7 Å². The Balaban J connectivity index is 2.19. The fourth-order valence-electron chi connectivity index (χ4n) is 2.30. The van der Waals surface area contributed by atoms with Crippen LogP contribution in [0.25, 0.3) is 0 Å². The molecule has 0 aromatic heterocycles. The summed E-state index contributed by atoms with van der Waals surface area (Å²) in [5.74, 6) is -0.0346. The van der Waals surface area contributed by atoms with Gasteiger partial charge in [0.05, 0.1) is 16.5 Å². The fourth-order valence-corrected chi connectivity index (χ4v) is 3.77. The Morgan fingerprint density at radius 3 is 2.38 bits per heavy atom. The smallest absolute Gasteiger partial charge is 0.243 e. The molecule has 0 bridgehead atoms. The molecule has 112 valence electrons. The Labute approximate surface area is 124 Å². The molecule has 1 aliphatic heterocycles. The number of nitrogens with zero attached hydrogens (tertiary/aromatic N) is 3. The first-order chi connectivity index (χ1) is 9.95. The number of hydrogen-bond acceptors (Lipinski definition) is 4. The molecular weight excluding hydrogens is 290 g/mol. The molecule has 0 N–H and O–H groups in total. The highest BCUT2D eigenvalue weighted by molar-refractivity contribution is 7.89. The van der Waals surface area contributed by atoms with Gasteiger partial charge in [0.15, 0.2) is 0 Å². The first-order valence-electron chi connectivity index (χ1n) is 6.71. The van der Waals surface area contributed by atoms with Gasteiger partial charge in [-0.1, -0.05) is 0 Å². The summed E-state index contributed by atoms with van der Waals surface area (Å²) in [5, 5.41) is 8.75. The lowest BCUT2D eigenvalue weighted by molar-refractivity contribution is -0.128. The molecule has 1 heterocycles. The maximum atomic E-state index is 12.6. The summed E-state index contributed by atoms with van der Waals surface area (Å²) in [7, 11) is -3.57. The normalized spacial score (nSPS) is 17.0. The predicted molar refractivity (Wildman–Crippen MR) is 76.8 cm³/mol. The van der Waals surface area contributed by atoms with Crippen molar-refractivity contribution in [3.63, 3.8) is 0 Å². The summed E-state index contributed by atoms with van der Waals surface area (Å²) in [6.07, 6.45) is 0.620. The molecule has 0 radical (unpaired) electrons. The van der Waals surface area contributed by atoms with Crippen molar-refractivity contribution in [2.24, 2.45) is 0 Å². The van der Waals surface area contributed by atoms with Gasteiger partial charge in [-0.15, -0.1) is 0 Å². The zero-order valence-electron chi connectivity index (χ0n) is 11.8. The van der Waals surface area contributed by atoms with Gasteiger partial charge < -0.3 is 4.90 Å². The van der Waals surface area contributed by atoms with E-state index in [1.54, 1.807) is 4.90 Å². The van der Waals surface area contributed by atoms with Crippen molar-refractivity contribution in [1.29, 1.82) is 5.26 Å². The van der Waals surface area contributed by atoms with Gasteiger partial charge in [0.2, 0.25) is 15.9 Å². The maximum absolute atomic E-state index is 12.6. The number of carbonyl (C=O) groups is 1. The van der Waals surface area contributed by atoms with Crippen LogP contribution in [0.4, 0.5) is 0 Å². The van der Waals surface area contributed by atoms with Gasteiger partial charge in [-0.25, -0.2) is 8.42 Å². The number of nitriles is 1. The SMILES string of the molecule is CC(=O)N1CCCN(S(=O)(=O)c2ccc(C#N)cc2)CC1. The number of carbonyl (C=O) groups excluding carboxylic acids is 1. The minimum atomic E-state index is -3.57. The predicted octanol–water partition coefficient (Wildman–Crippen LogP) is 0.801. The Morgan fingerprint density at radius 2 is 1.81 bits per heavy atom. The van der Waals surface area contributed by atoms with Crippen molar-refractivity contribution in [3.05, 3.63) is 29.8 Å². The van der Waals surface area contributed by atoms with Crippen LogP contribution in [0.15, 0.2) is 29.2 Å². The second-order valence-electron chi connectivity index (χ2n) is 4.90. The highest BCUT2D eigenvalue weighted by atomic mass is 32.2. The minimum absolute atomic E-state index is 0.0346. The molecule has 2 rings (SSSR count).